The zero-order chi connectivity index (χ0) is 11.7. The number of nitrogens with zero attached hydrogens (tertiary/aromatic N) is 3. The van der Waals surface area contributed by atoms with Gasteiger partial charge in [0.2, 0.25) is 6.04 Å². The molecule has 1 atom stereocenters. The second kappa shape index (κ2) is 4.21. The third kappa shape index (κ3) is 1.92. The van der Waals surface area contributed by atoms with E-state index in [4.69, 9.17) is 0 Å². The first-order valence-corrected chi connectivity index (χ1v) is 5.63. The molecule has 0 aliphatic carbocycles. The van der Waals surface area contributed by atoms with Crippen LogP contribution >= 0.6 is 15.9 Å². The molecule has 0 aliphatic rings. The van der Waals surface area contributed by atoms with Crippen LogP contribution in [-0.4, -0.2) is 20.3 Å². The van der Waals surface area contributed by atoms with Crippen LogP contribution in [0.15, 0.2) is 29.0 Å². The monoisotopic (exact) mass is 283 g/mol. The molecule has 0 aliphatic heterocycles. The van der Waals surface area contributed by atoms with Crippen molar-refractivity contribution in [1.29, 1.82) is 0 Å². The van der Waals surface area contributed by atoms with Crippen LogP contribution in [0.1, 0.15) is 12.6 Å². The van der Waals surface area contributed by atoms with E-state index in [2.05, 4.69) is 20.9 Å². The average molecular weight is 284 g/mol. The van der Waals surface area contributed by atoms with Crippen molar-refractivity contribution in [3.63, 3.8) is 0 Å². The van der Waals surface area contributed by atoms with Crippen LogP contribution in [0, 0.1) is 10.1 Å². The summed E-state index contributed by atoms with van der Waals surface area (Å²) < 4.78 is 2.75. The predicted octanol–water partition coefficient (Wildman–Crippen LogP) is 2.30. The van der Waals surface area contributed by atoms with Crippen molar-refractivity contribution in [1.82, 2.24) is 9.38 Å². The van der Waals surface area contributed by atoms with Crippen molar-refractivity contribution in [2.45, 2.75) is 19.4 Å². The number of aromatic nitrogens is 2. The fourth-order valence-corrected chi connectivity index (χ4v) is 2.00. The van der Waals surface area contributed by atoms with Gasteiger partial charge in [0.05, 0.1) is 10.9 Å². The number of rotatable bonds is 3. The predicted molar refractivity (Wildman–Crippen MR) is 63.1 cm³/mol. The molecule has 2 heterocycles. The van der Waals surface area contributed by atoms with Gasteiger partial charge >= 0.3 is 0 Å². The van der Waals surface area contributed by atoms with E-state index in [0.29, 0.717) is 6.42 Å². The van der Waals surface area contributed by atoms with Crippen LogP contribution in [0.3, 0.4) is 0 Å². The molecule has 6 heteroatoms. The van der Waals surface area contributed by atoms with Crippen molar-refractivity contribution in [3.05, 3.63) is 44.8 Å². The van der Waals surface area contributed by atoms with Gasteiger partial charge in [-0.3, -0.25) is 10.1 Å². The minimum Gasteiger partial charge on any atom is -0.303 e. The van der Waals surface area contributed by atoms with Crippen molar-refractivity contribution >= 4 is 21.6 Å². The lowest BCUT2D eigenvalue weighted by molar-refractivity contribution is -0.517. The molecular formula is C10H10BrN3O2. The summed E-state index contributed by atoms with van der Waals surface area (Å²) in [6, 6.07) is 3.17. The van der Waals surface area contributed by atoms with Gasteiger partial charge in [0.1, 0.15) is 0 Å². The molecule has 2 rings (SSSR count). The van der Waals surface area contributed by atoms with E-state index in [9.17, 15) is 10.1 Å². The molecule has 2 aromatic heterocycles. The molecule has 0 N–H and O–H groups in total. The minimum atomic E-state index is -0.598. The summed E-state index contributed by atoms with van der Waals surface area (Å²) in [6.07, 6.45) is 3.92. The maximum Gasteiger partial charge on any atom is 0.215 e. The molecule has 0 saturated heterocycles. The van der Waals surface area contributed by atoms with Crippen molar-refractivity contribution in [2.75, 3.05) is 0 Å². The highest BCUT2D eigenvalue weighted by molar-refractivity contribution is 9.10. The van der Waals surface area contributed by atoms with Gasteiger partial charge in [-0.15, -0.1) is 0 Å². The SMILES string of the molecule is CC(Cc1cnc2c(Br)cccn12)[N+](=O)[O-]. The van der Waals surface area contributed by atoms with E-state index in [0.717, 1.165) is 15.8 Å². The highest BCUT2D eigenvalue weighted by atomic mass is 79.9. The van der Waals surface area contributed by atoms with Crippen LogP contribution in [0.2, 0.25) is 0 Å². The highest BCUT2D eigenvalue weighted by Gasteiger charge is 2.16. The molecule has 0 fully saturated rings. The van der Waals surface area contributed by atoms with Crippen LogP contribution in [-0.2, 0) is 6.42 Å². The first-order chi connectivity index (χ1) is 7.59. The summed E-state index contributed by atoms with van der Waals surface area (Å²) in [6.45, 7) is 1.59. The molecule has 0 spiro atoms. The first-order valence-electron chi connectivity index (χ1n) is 4.83. The lowest BCUT2D eigenvalue weighted by atomic mass is 10.2. The Bertz CT molecular complexity index is 538. The maximum atomic E-state index is 10.6. The fraction of sp³-hybridized carbons (Fsp3) is 0.300. The Morgan fingerprint density at radius 1 is 1.69 bits per heavy atom. The molecule has 5 nitrogen and oxygen atoms in total. The van der Waals surface area contributed by atoms with Crippen LogP contribution < -0.4 is 0 Å². The van der Waals surface area contributed by atoms with Crippen molar-refractivity contribution in [2.24, 2.45) is 0 Å². The summed E-state index contributed by atoms with van der Waals surface area (Å²) in [4.78, 5) is 14.5. The molecule has 0 radical (unpaired) electrons. The van der Waals surface area contributed by atoms with Gasteiger partial charge in [-0.05, 0) is 28.1 Å². The Balaban J connectivity index is 2.39. The van der Waals surface area contributed by atoms with Crippen molar-refractivity contribution < 1.29 is 4.92 Å². The van der Waals surface area contributed by atoms with Gasteiger partial charge in [0.15, 0.2) is 5.65 Å². The number of imidazole rings is 1. The standard InChI is InChI=1S/C10H10BrN3O2/c1-7(14(15)16)5-8-6-12-10-9(11)3-2-4-13(8)10/h2-4,6-7H,5H2,1H3. The van der Waals surface area contributed by atoms with Gasteiger partial charge in [-0.2, -0.15) is 0 Å². The summed E-state index contributed by atoms with van der Waals surface area (Å²) in [7, 11) is 0. The molecular weight excluding hydrogens is 274 g/mol. The van der Waals surface area contributed by atoms with E-state index < -0.39 is 6.04 Å². The second-order valence-corrected chi connectivity index (χ2v) is 4.49. The van der Waals surface area contributed by atoms with Gasteiger partial charge in [0, 0.05) is 29.9 Å². The summed E-state index contributed by atoms with van der Waals surface area (Å²) in [5.41, 5.74) is 1.63. The largest absolute Gasteiger partial charge is 0.303 e. The Kier molecular flexibility index (Phi) is 2.91. The smallest absolute Gasteiger partial charge is 0.215 e. The summed E-state index contributed by atoms with van der Waals surface area (Å²) in [5.74, 6) is 0. The van der Waals surface area contributed by atoms with Gasteiger partial charge in [-0.25, -0.2) is 4.98 Å². The molecule has 84 valence electrons. The molecule has 0 aromatic carbocycles. The quantitative estimate of drug-likeness (QED) is 0.642. The Hall–Kier alpha value is -1.43. The molecule has 0 amide bonds. The Morgan fingerprint density at radius 2 is 2.44 bits per heavy atom. The summed E-state index contributed by atoms with van der Waals surface area (Å²) in [5, 5.41) is 10.6. The van der Waals surface area contributed by atoms with E-state index in [1.54, 1.807) is 13.1 Å². The number of nitro groups is 1. The minimum absolute atomic E-state index is 0.280. The van der Waals surface area contributed by atoms with E-state index in [1.165, 1.54) is 0 Å². The molecule has 0 bridgehead atoms. The van der Waals surface area contributed by atoms with Crippen molar-refractivity contribution in [3.8, 4) is 0 Å². The van der Waals surface area contributed by atoms with Crippen LogP contribution in [0.25, 0.3) is 5.65 Å². The normalized spacial score (nSPS) is 12.9. The number of hydrogen-bond acceptors (Lipinski definition) is 3. The maximum absolute atomic E-state index is 10.6. The lowest BCUT2D eigenvalue weighted by Gasteiger charge is -2.04. The number of pyridine rings is 1. The fourth-order valence-electron chi connectivity index (χ4n) is 1.56. The number of hydrogen-bond donors (Lipinski definition) is 0. The van der Waals surface area contributed by atoms with E-state index in [1.807, 2.05) is 22.7 Å². The second-order valence-electron chi connectivity index (χ2n) is 3.64. The Labute approximate surface area is 100 Å². The topological polar surface area (TPSA) is 60.4 Å². The molecule has 2 aromatic rings. The summed E-state index contributed by atoms with van der Waals surface area (Å²) >= 11 is 3.39. The average Bonchev–Trinajstić information content (AvgIpc) is 2.63. The zero-order valence-corrected chi connectivity index (χ0v) is 10.2. The van der Waals surface area contributed by atoms with Crippen LogP contribution in [0.5, 0.6) is 0 Å². The third-order valence-corrected chi connectivity index (χ3v) is 3.05. The molecule has 16 heavy (non-hydrogen) atoms. The number of halogens is 1. The zero-order valence-electron chi connectivity index (χ0n) is 8.63. The van der Waals surface area contributed by atoms with E-state index in [-0.39, 0.29) is 4.92 Å². The first kappa shape index (κ1) is 11.1. The lowest BCUT2D eigenvalue weighted by Crippen LogP contribution is -2.18. The third-order valence-electron chi connectivity index (χ3n) is 2.43. The Morgan fingerprint density at radius 3 is 3.12 bits per heavy atom. The van der Waals surface area contributed by atoms with Gasteiger partial charge in [-0.1, -0.05) is 0 Å². The van der Waals surface area contributed by atoms with Gasteiger partial charge < -0.3 is 4.40 Å². The van der Waals surface area contributed by atoms with Crippen LogP contribution in [0.4, 0.5) is 0 Å². The highest BCUT2D eigenvalue weighted by Crippen LogP contribution is 2.18. The molecule has 1 unspecified atom stereocenters. The van der Waals surface area contributed by atoms with Gasteiger partial charge in [0.25, 0.3) is 0 Å². The number of fused-ring (bicyclic) bond motifs is 1. The van der Waals surface area contributed by atoms with E-state index >= 15 is 0 Å². The molecule has 0 saturated carbocycles.